The van der Waals surface area contributed by atoms with Crippen LogP contribution in [0, 0.1) is 6.92 Å². The lowest BCUT2D eigenvalue weighted by Crippen LogP contribution is -2.26. The predicted molar refractivity (Wildman–Crippen MR) is 82.2 cm³/mol. The maximum absolute atomic E-state index is 12.4. The Morgan fingerprint density at radius 1 is 1.33 bits per heavy atom. The number of hydrogen-bond acceptors (Lipinski definition) is 4. The molecule has 110 valence electrons. The minimum atomic E-state index is -0.100. The molecule has 0 spiro atoms. The number of aromatic nitrogens is 1. The van der Waals surface area contributed by atoms with Gasteiger partial charge in [0.05, 0.1) is 25.0 Å². The van der Waals surface area contributed by atoms with Gasteiger partial charge in [0.1, 0.15) is 5.75 Å². The molecule has 0 aliphatic rings. The van der Waals surface area contributed by atoms with Gasteiger partial charge in [0.25, 0.3) is 5.91 Å². The van der Waals surface area contributed by atoms with Crippen molar-refractivity contribution in [2.24, 2.45) is 0 Å². The van der Waals surface area contributed by atoms with E-state index in [1.807, 2.05) is 25.1 Å². The summed E-state index contributed by atoms with van der Waals surface area (Å²) in [6.45, 7) is 2.38. The van der Waals surface area contributed by atoms with Gasteiger partial charge in [-0.3, -0.25) is 9.78 Å². The summed E-state index contributed by atoms with van der Waals surface area (Å²) in [5, 5.41) is 0. The molecule has 1 aromatic carbocycles. The third-order valence-electron chi connectivity index (χ3n) is 3.17. The highest BCUT2D eigenvalue weighted by atomic mass is 16.5. The Bertz CT molecular complexity index is 656. The van der Waals surface area contributed by atoms with Gasteiger partial charge in [0.2, 0.25) is 0 Å². The third-order valence-corrected chi connectivity index (χ3v) is 3.17. The van der Waals surface area contributed by atoms with Gasteiger partial charge in [-0.15, -0.1) is 0 Å². The second-order valence-corrected chi connectivity index (χ2v) is 4.89. The van der Waals surface area contributed by atoms with Crippen LogP contribution in [0.5, 0.6) is 5.75 Å². The lowest BCUT2D eigenvalue weighted by atomic mass is 10.1. The molecule has 1 aromatic heterocycles. The summed E-state index contributed by atoms with van der Waals surface area (Å²) in [5.41, 5.74) is 8.59. The first-order chi connectivity index (χ1) is 10.0. The molecular weight excluding hydrogens is 266 g/mol. The van der Waals surface area contributed by atoms with Gasteiger partial charge in [-0.05, 0) is 37.3 Å². The average molecular weight is 285 g/mol. The van der Waals surface area contributed by atoms with Crippen molar-refractivity contribution in [3.63, 3.8) is 0 Å². The van der Waals surface area contributed by atoms with Crippen molar-refractivity contribution in [1.82, 2.24) is 9.88 Å². The third kappa shape index (κ3) is 3.51. The zero-order valence-corrected chi connectivity index (χ0v) is 12.5. The molecule has 5 heteroatoms. The van der Waals surface area contributed by atoms with Crippen LogP contribution in [0.2, 0.25) is 0 Å². The summed E-state index contributed by atoms with van der Waals surface area (Å²) in [7, 11) is 3.27. The van der Waals surface area contributed by atoms with Gasteiger partial charge in [0.15, 0.2) is 0 Å². The maximum atomic E-state index is 12.4. The molecule has 0 atom stereocenters. The normalized spacial score (nSPS) is 10.2. The standard InChI is InChI=1S/C16H19N3O2/c1-11-5-4-6-13(18-11)10-19(2)16(20)12-7-8-14(17)15(9-12)21-3/h4-9H,10,17H2,1-3H3. The summed E-state index contributed by atoms with van der Waals surface area (Å²) in [6.07, 6.45) is 0. The lowest BCUT2D eigenvalue weighted by molar-refractivity contribution is 0.0783. The van der Waals surface area contributed by atoms with Crippen molar-refractivity contribution in [2.75, 3.05) is 19.9 Å². The summed E-state index contributed by atoms with van der Waals surface area (Å²) in [4.78, 5) is 18.4. The number of ether oxygens (including phenoxy) is 1. The van der Waals surface area contributed by atoms with E-state index in [-0.39, 0.29) is 5.91 Å². The van der Waals surface area contributed by atoms with Crippen molar-refractivity contribution >= 4 is 11.6 Å². The number of nitrogen functional groups attached to an aromatic ring is 1. The van der Waals surface area contributed by atoms with Gasteiger partial charge in [-0.1, -0.05) is 6.07 Å². The average Bonchev–Trinajstić information content (AvgIpc) is 2.47. The number of carbonyl (C=O) groups is 1. The van der Waals surface area contributed by atoms with Crippen molar-refractivity contribution in [2.45, 2.75) is 13.5 Å². The number of aryl methyl sites for hydroxylation is 1. The van der Waals surface area contributed by atoms with Crippen LogP contribution in [0.4, 0.5) is 5.69 Å². The Morgan fingerprint density at radius 3 is 2.76 bits per heavy atom. The first-order valence-corrected chi connectivity index (χ1v) is 6.63. The molecular formula is C16H19N3O2. The molecule has 2 N–H and O–H groups in total. The number of nitrogens with zero attached hydrogens (tertiary/aromatic N) is 2. The zero-order chi connectivity index (χ0) is 15.4. The molecule has 0 saturated heterocycles. The van der Waals surface area contributed by atoms with E-state index < -0.39 is 0 Å². The first kappa shape index (κ1) is 14.8. The van der Waals surface area contributed by atoms with Crippen LogP contribution in [0.15, 0.2) is 36.4 Å². The number of rotatable bonds is 4. The molecule has 5 nitrogen and oxygen atoms in total. The van der Waals surface area contributed by atoms with Gasteiger partial charge in [0, 0.05) is 18.3 Å². The molecule has 2 aromatic rings. The van der Waals surface area contributed by atoms with E-state index in [1.54, 1.807) is 30.1 Å². The Balaban J connectivity index is 2.15. The molecule has 0 aliphatic carbocycles. The largest absolute Gasteiger partial charge is 0.495 e. The molecule has 0 fully saturated rings. The zero-order valence-electron chi connectivity index (χ0n) is 12.5. The van der Waals surface area contributed by atoms with E-state index in [0.717, 1.165) is 11.4 Å². The highest BCUT2D eigenvalue weighted by molar-refractivity contribution is 5.95. The maximum Gasteiger partial charge on any atom is 0.254 e. The highest BCUT2D eigenvalue weighted by Crippen LogP contribution is 2.23. The fourth-order valence-electron chi connectivity index (χ4n) is 2.07. The molecule has 1 amide bonds. The number of hydrogen-bond donors (Lipinski definition) is 1. The topological polar surface area (TPSA) is 68.5 Å². The van der Waals surface area contributed by atoms with E-state index in [9.17, 15) is 4.79 Å². The van der Waals surface area contributed by atoms with E-state index in [2.05, 4.69) is 4.98 Å². The molecule has 0 radical (unpaired) electrons. The number of pyridine rings is 1. The fourth-order valence-corrected chi connectivity index (χ4v) is 2.07. The number of amides is 1. The Kier molecular flexibility index (Phi) is 4.42. The lowest BCUT2D eigenvalue weighted by Gasteiger charge is -2.17. The quantitative estimate of drug-likeness (QED) is 0.875. The molecule has 0 aliphatic heterocycles. The predicted octanol–water partition coefficient (Wildman–Crippen LogP) is 2.25. The van der Waals surface area contributed by atoms with Gasteiger partial charge in [-0.2, -0.15) is 0 Å². The van der Waals surface area contributed by atoms with Crippen LogP contribution in [0.25, 0.3) is 0 Å². The van der Waals surface area contributed by atoms with E-state index in [4.69, 9.17) is 10.5 Å². The Hall–Kier alpha value is -2.56. The summed E-state index contributed by atoms with van der Waals surface area (Å²) >= 11 is 0. The second kappa shape index (κ2) is 6.26. The molecule has 0 bridgehead atoms. The number of anilines is 1. The van der Waals surface area contributed by atoms with Crippen LogP contribution in [0.1, 0.15) is 21.7 Å². The smallest absolute Gasteiger partial charge is 0.254 e. The van der Waals surface area contributed by atoms with E-state index >= 15 is 0 Å². The van der Waals surface area contributed by atoms with Gasteiger partial charge >= 0.3 is 0 Å². The van der Waals surface area contributed by atoms with Crippen LogP contribution in [-0.4, -0.2) is 29.9 Å². The molecule has 2 rings (SSSR count). The van der Waals surface area contributed by atoms with Gasteiger partial charge < -0.3 is 15.4 Å². The monoisotopic (exact) mass is 285 g/mol. The molecule has 21 heavy (non-hydrogen) atoms. The summed E-state index contributed by atoms with van der Waals surface area (Å²) < 4.78 is 5.14. The van der Waals surface area contributed by atoms with Crippen molar-refractivity contribution < 1.29 is 9.53 Å². The van der Waals surface area contributed by atoms with Gasteiger partial charge in [-0.25, -0.2) is 0 Å². The van der Waals surface area contributed by atoms with Crippen LogP contribution in [-0.2, 0) is 6.54 Å². The SMILES string of the molecule is COc1cc(C(=O)N(C)Cc2cccc(C)n2)ccc1N. The molecule has 0 unspecified atom stereocenters. The Labute approximate surface area is 124 Å². The van der Waals surface area contributed by atoms with Crippen molar-refractivity contribution in [3.05, 3.63) is 53.3 Å². The number of carbonyl (C=O) groups excluding carboxylic acids is 1. The van der Waals surface area contributed by atoms with E-state index in [1.165, 1.54) is 7.11 Å². The van der Waals surface area contributed by atoms with Crippen molar-refractivity contribution in [1.29, 1.82) is 0 Å². The minimum absolute atomic E-state index is 0.100. The highest BCUT2D eigenvalue weighted by Gasteiger charge is 2.14. The van der Waals surface area contributed by atoms with Crippen LogP contribution in [0.3, 0.4) is 0 Å². The number of benzene rings is 1. The number of methoxy groups -OCH3 is 1. The second-order valence-electron chi connectivity index (χ2n) is 4.89. The summed E-state index contributed by atoms with van der Waals surface area (Å²) in [6, 6.07) is 10.8. The van der Waals surface area contributed by atoms with E-state index in [0.29, 0.717) is 23.5 Å². The minimum Gasteiger partial charge on any atom is -0.495 e. The van der Waals surface area contributed by atoms with Crippen LogP contribution >= 0.6 is 0 Å². The molecule has 1 heterocycles. The number of nitrogens with two attached hydrogens (primary N) is 1. The van der Waals surface area contributed by atoms with Crippen molar-refractivity contribution in [3.8, 4) is 5.75 Å². The fraction of sp³-hybridized carbons (Fsp3) is 0.250. The molecule has 0 saturated carbocycles. The Morgan fingerprint density at radius 2 is 2.10 bits per heavy atom. The summed E-state index contributed by atoms with van der Waals surface area (Å²) in [5.74, 6) is 0.402. The van der Waals surface area contributed by atoms with Crippen LogP contribution < -0.4 is 10.5 Å². The first-order valence-electron chi connectivity index (χ1n) is 6.63.